The molecular formula is C30H23BrFN3O6S2. The summed E-state index contributed by atoms with van der Waals surface area (Å²) < 4.78 is 26.4. The normalized spacial score (nSPS) is 19.2. The van der Waals surface area contributed by atoms with Crippen LogP contribution in [0, 0.1) is 11.7 Å². The van der Waals surface area contributed by atoms with Crippen LogP contribution in [0.1, 0.15) is 16.4 Å². The third-order valence-electron chi connectivity index (χ3n) is 7.33. The van der Waals surface area contributed by atoms with Crippen molar-refractivity contribution in [3.05, 3.63) is 97.1 Å². The molecule has 9 nitrogen and oxygen atoms in total. The standard InChI is InChI=1S/C30H23BrFN3O6S2/c1-40-20-12-3-15(13-21(20)41-2)23-24-25(28(38)35(27(24)37)19-10-4-16(31)5-11-19)42-29-26(23)43-30(39)34(29)14-22(36)33-18-8-6-17(32)7-9-18/h3-13,23-25H,14H2,1-2H3,(H,33,36)/t23-,24+,25-/m0/s1. The Balaban J connectivity index is 1.43. The van der Waals surface area contributed by atoms with Gasteiger partial charge in [-0.1, -0.05) is 45.1 Å². The molecule has 3 aromatic carbocycles. The van der Waals surface area contributed by atoms with Gasteiger partial charge in [0.15, 0.2) is 11.5 Å². The van der Waals surface area contributed by atoms with Gasteiger partial charge < -0.3 is 14.8 Å². The molecule has 0 aliphatic carbocycles. The molecule has 1 saturated heterocycles. The molecule has 13 heteroatoms. The average molecular weight is 685 g/mol. The summed E-state index contributed by atoms with van der Waals surface area (Å²) in [6.07, 6.45) is 0. The summed E-state index contributed by atoms with van der Waals surface area (Å²) in [6, 6.07) is 17.4. The van der Waals surface area contributed by atoms with Crippen molar-refractivity contribution in [2.75, 3.05) is 24.4 Å². The van der Waals surface area contributed by atoms with E-state index in [1.807, 2.05) is 0 Å². The zero-order chi connectivity index (χ0) is 30.4. The van der Waals surface area contributed by atoms with E-state index in [2.05, 4.69) is 21.2 Å². The van der Waals surface area contributed by atoms with Crippen LogP contribution in [0.2, 0.25) is 0 Å². The number of thioether (sulfide) groups is 1. The van der Waals surface area contributed by atoms with Crippen LogP contribution in [-0.4, -0.2) is 41.8 Å². The number of nitrogens with zero attached hydrogens (tertiary/aromatic N) is 2. The number of anilines is 2. The summed E-state index contributed by atoms with van der Waals surface area (Å²) in [5.74, 6) is -2.28. The van der Waals surface area contributed by atoms with Crippen LogP contribution in [0.3, 0.4) is 0 Å². The number of aromatic nitrogens is 1. The molecule has 0 radical (unpaired) electrons. The molecule has 220 valence electrons. The van der Waals surface area contributed by atoms with Crippen molar-refractivity contribution in [3.63, 3.8) is 0 Å². The van der Waals surface area contributed by atoms with Crippen LogP contribution < -0.4 is 24.6 Å². The van der Waals surface area contributed by atoms with E-state index in [0.29, 0.717) is 38.3 Å². The van der Waals surface area contributed by atoms with Gasteiger partial charge >= 0.3 is 4.87 Å². The van der Waals surface area contributed by atoms with Crippen LogP contribution in [0.4, 0.5) is 15.8 Å². The molecular weight excluding hydrogens is 661 g/mol. The van der Waals surface area contributed by atoms with Gasteiger partial charge in [0.05, 0.1) is 30.9 Å². The van der Waals surface area contributed by atoms with Crippen molar-refractivity contribution in [2.24, 2.45) is 5.92 Å². The summed E-state index contributed by atoms with van der Waals surface area (Å²) in [5.41, 5.74) is 1.48. The summed E-state index contributed by atoms with van der Waals surface area (Å²) in [6.45, 7) is -0.330. The van der Waals surface area contributed by atoms with Crippen LogP contribution in [0.25, 0.3) is 0 Å². The number of carbonyl (C=O) groups excluding carboxylic acids is 3. The number of fused-ring (bicyclic) bond motifs is 2. The molecule has 0 unspecified atom stereocenters. The second-order valence-electron chi connectivity index (χ2n) is 9.82. The van der Waals surface area contributed by atoms with E-state index in [-0.39, 0.29) is 12.5 Å². The number of nitrogens with one attached hydrogen (secondary N) is 1. The molecule has 1 fully saturated rings. The number of ether oxygens (including phenoxy) is 2. The van der Waals surface area contributed by atoms with Gasteiger partial charge in [0.25, 0.3) is 0 Å². The Kier molecular flexibility index (Phi) is 7.88. The minimum Gasteiger partial charge on any atom is -0.493 e. The Morgan fingerprint density at radius 3 is 2.33 bits per heavy atom. The van der Waals surface area contributed by atoms with Gasteiger partial charge in [0, 0.05) is 21.0 Å². The third-order valence-corrected chi connectivity index (χ3v) is 10.5. The number of amides is 3. The van der Waals surface area contributed by atoms with Crippen LogP contribution in [0.15, 0.2) is 81.0 Å². The smallest absolute Gasteiger partial charge is 0.308 e. The van der Waals surface area contributed by atoms with E-state index in [1.54, 1.807) is 42.5 Å². The number of carbonyl (C=O) groups is 3. The lowest BCUT2D eigenvalue weighted by molar-refractivity contribution is -0.122. The van der Waals surface area contributed by atoms with Crippen LogP contribution in [0.5, 0.6) is 11.5 Å². The third kappa shape index (κ3) is 5.25. The van der Waals surface area contributed by atoms with Crippen LogP contribution >= 0.6 is 39.0 Å². The number of thiazole rings is 1. The van der Waals surface area contributed by atoms with E-state index < -0.39 is 39.6 Å². The van der Waals surface area contributed by atoms with Crippen molar-refractivity contribution < 1.29 is 28.2 Å². The molecule has 4 aromatic rings. The SMILES string of the molecule is COc1ccc([C@@H]2c3sc(=O)n(CC(=O)Nc4ccc(F)cc4)c3S[C@@H]3C(=O)N(c4ccc(Br)cc4)C(=O)[C@H]23)cc1OC. The maximum absolute atomic E-state index is 14.1. The Morgan fingerprint density at radius 2 is 1.65 bits per heavy atom. The number of rotatable bonds is 7. The first-order valence-corrected chi connectivity index (χ1v) is 15.5. The quantitative estimate of drug-likeness (QED) is 0.265. The van der Waals surface area contributed by atoms with Gasteiger partial charge in [-0.15, -0.1) is 0 Å². The largest absolute Gasteiger partial charge is 0.493 e. The van der Waals surface area contributed by atoms with E-state index in [4.69, 9.17) is 9.47 Å². The number of methoxy groups -OCH3 is 2. The second-order valence-corrected chi connectivity index (χ2v) is 12.9. The lowest BCUT2D eigenvalue weighted by atomic mass is 9.83. The average Bonchev–Trinajstić information content (AvgIpc) is 3.44. The van der Waals surface area contributed by atoms with Crippen molar-refractivity contribution in [1.29, 1.82) is 0 Å². The van der Waals surface area contributed by atoms with Crippen LogP contribution in [-0.2, 0) is 20.9 Å². The maximum Gasteiger partial charge on any atom is 0.308 e. The molecule has 0 bridgehead atoms. The predicted octanol–water partition coefficient (Wildman–Crippen LogP) is 5.26. The Hall–Kier alpha value is -3.94. The molecule has 0 saturated carbocycles. The number of hydrogen-bond donors (Lipinski definition) is 1. The van der Waals surface area contributed by atoms with Crippen molar-refractivity contribution >= 4 is 68.1 Å². The summed E-state index contributed by atoms with van der Waals surface area (Å²) in [4.78, 5) is 55.7. The first-order valence-electron chi connectivity index (χ1n) is 13.0. The highest BCUT2D eigenvalue weighted by molar-refractivity contribution is 9.10. The molecule has 1 N–H and O–H groups in total. The summed E-state index contributed by atoms with van der Waals surface area (Å²) in [7, 11) is 3.02. The summed E-state index contributed by atoms with van der Waals surface area (Å²) >= 11 is 5.45. The fourth-order valence-electron chi connectivity index (χ4n) is 5.38. The second kappa shape index (κ2) is 11.6. The fourth-order valence-corrected chi connectivity index (χ4v) is 8.42. The monoisotopic (exact) mass is 683 g/mol. The van der Waals surface area contributed by atoms with E-state index >= 15 is 0 Å². The molecule has 2 aliphatic rings. The van der Waals surface area contributed by atoms with E-state index in [9.17, 15) is 23.6 Å². The van der Waals surface area contributed by atoms with Crippen molar-refractivity contribution in [2.45, 2.75) is 22.7 Å². The minimum atomic E-state index is -0.845. The lowest BCUT2D eigenvalue weighted by Gasteiger charge is -2.31. The first kappa shape index (κ1) is 29.1. The van der Waals surface area contributed by atoms with Gasteiger partial charge in [-0.3, -0.25) is 23.7 Å². The Morgan fingerprint density at radius 1 is 0.953 bits per heavy atom. The number of hydrogen-bond acceptors (Lipinski definition) is 8. The zero-order valence-electron chi connectivity index (χ0n) is 22.7. The van der Waals surface area contributed by atoms with Crippen molar-refractivity contribution in [3.8, 4) is 11.5 Å². The molecule has 3 amide bonds. The topological polar surface area (TPSA) is 107 Å². The highest BCUT2D eigenvalue weighted by atomic mass is 79.9. The Bertz CT molecular complexity index is 1810. The minimum absolute atomic E-state index is 0.330. The Labute approximate surface area is 261 Å². The number of halogens is 2. The van der Waals surface area contributed by atoms with E-state index in [1.165, 1.54) is 48.0 Å². The molecule has 3 heterocycles. The molecule has 6 rings (SSSR count). The van der Waals surface area contributed by atoms with Gasteiger partial charge in [-0.2, -0.15) is 0 Å². The maximum atomic E-state index is 14.1. The van der Waals surface area contributed by atoms with Gasteiger partial charge in [-0.25, -0.2) is 9.29 Å². The number of imide groups is 1. The molecule has 3 atom stereocenters. The predicted molar refractivity (Wildman–Crippen MR) is 165 cm³/mol. The van der Waals surface area contributed by atoms with Gasteiger partial charge in [0.1, 0.15) is 17.6 Å². The molecule has 43 heavy (non-hydrogen) atoms. The highest BCUT2D eigenvalue weighted by Crippen LogP contribution is 2.54. The van der Waals surface area contributed by atoms with E-state index in [0.717, 1.165) is 27.6 Å². The summed E-state index contributed by atoms with van der Waals surface area (Å²) in [5, 5.41) is 2.28. The zero-order valence-corrected chi connectivity index (χ0v) is 25.9. The number of benzene rings is 3. The first-order chi connectivity index (χ1) is 20.7. The molecule has 1 aromatic heterocycles. The molecule has 2 aliphatic heterocycles. The van der Waals surface area contributed by atoms with Gasteiger partial charge in [0.2, 0.25) is 17.7 Å². The molecule has 0 spiro atoms. The highest BCUT2D eigenvalue weighted by Gasteiger charge is 2.57. The fraction of sp³-hybridized carbons (Fsp3) is 0.200. The van der Waals surface area contributed by atoms with Crippen molar-refractivity contribution in [1.82, 2.24) is 4.57 Å². The van der Waals surface area contributed by atoms with Gasteiger partial charge in [-0.05, 0) is 66.2 Å². The lowest BCUT2D eigenvalue weighted by Crippen LogP contribution is -2.33.